The van der Waals surface area contributed by atoms with Crippen molar-refractivity contribution >= 4 is 35.3 Å². The maximum absolute atomic E-state index is 14.2. The number of hydrogen-bond donors (Lipinski definition) is 3. The summed E-state index contributed by atoms with van der Waals surface area (Å²) in [7, 11) is 0. The van der Waals surface area contributed by atoms with Gasteiger partial charge in [-0.15, -0.1) is 13.2 Å². The van der Waals surface area contributed by atoms with Crippen LogP contribution >= 0.6 is 0 Å². The Bertz CT molecular complexity index is 987. The minimum Gasteiger partial charge on any atom is -0.375 e. The molecule has 12 nitrogen and oxygen atoms in total. The summed E-state index contributed by atoms with van der Waals surface area (Å²) in [5.74, 6) is -0.141. The van der Waals surface area contributed by atoms with Gasteiger partial charge in [-0.25, -0.2) is 0 Å². The Labute approximate surface area is 204 Å². The SMILES string of the molecule is C=CCNc1nc(NCC=C)nc(N2CCNCC2C(=O)C23C(=O)CC(=O)N2CCC3OCC)n1. The number of Topliss-reactive ketones (excluding diaryl/α,β-unsaturated/α-hetero) is 2. The highest BCUT2D eigenvalue weighted by Crippen LogP contribution is 2.41. The highest BCUT2D eigenvalue weighted by atomic mass is 16.5. The zero-order valence-electron chi connectivity index (χ0n) is 20.0. The number of amides is 1. The summed E-state index contributed by atoms with van der Waals surface area (Å²) in [6.07, 6.45) is 2.85. The van der Waals surface area contributed by atoms with Crippen LogP contribution in [-0.4, -0.2) is 101 Å². The summed E-state index contributed by atoms with van der Waals surface area (Å²) in [5.41, 5.74) is -1.62. The van der Waals surface area contributed by atoms with E-state index in [1.54, 1.807) is 17.1 Å². The van der Waals surface area contributed by atoms with Crippen molar-refractivity contribution in [1.29, 1.82) is 0 Å². The van der Waals surface area contributed by atoms with Gasteiger partial charge in [0.2, 0.25) is 23.8 Å². The third-order valence-corrected chi connectivity index (χ3v) is 6.52. The number of fused-ring (bicyclic) bond motifs is 1. The van der Waals surface area contributed by atoms with E-state index in [0.29, 0.717) is 63.6 Å². The van der Waals surface area contributed by atoms with Gasteiger partial charge in [0.15, 0.2) is 17.1 Å². The second-order valence-corrected chi connectivity index (χ2v) is 8.54. The molecule has 1 amide bonds. The monoisotopic (exact) mass is 484 g/mol. The Morgan fingerprint density at radius 1 is 1.17 bits per heavy atom. The quantitative estimate of drug-likeness (QED) is 0.283. The molecular formula is C23H32N8O4. The van der Waals surface area contributed by atoms with Crippen LogP contribution in [-0.2, 0) is 19.1 Å². The summed E-state index contributed by atoms with van der Waals surface area (Å²) < 4.78 is 5.86. The lowest BCUT2D eigenvalue weighted by Gasteiger charge is -2.42. The van der Waals surface area contributed by atoms with Gasteiger partial charge in [-0.3, -0.25) is 14.4 Å². The molecule has 3 N–H and O–H groups in total. The molecule has 0 radical (unpaired) electrons. The van der Waals surface area contributed by atoms with E-state index in [9.17, 15) is 14.4 Å². The third kappa shape index (κ3) is 4.39. The molecule has 3 aliphatic rings. The lowest BCUT2D eigenvalue weighted by molar-refractivity contribution is -0.149. The molecule has 12 heteroatoms. The van der Waals surface area contributed by atoms with Gasteiger partial charge in [0.05, 0.1) is 12.5 Å². The zero-order chi connectivity index (χ0) is 25.0. The van der Waals surface area contributed by atoms with Crippen molar-refractivity contribution < 1.29 is 19.1 Å². The Kier molecular flexibility index (Phi) is 7.41. The second kappa shape index (κ2) is 10.5. The van der Waals surface area contributed by atoms with Crippen LogP contribution in [0.2, 0.25) is 0 Å². The molecule has 35 heavy (non-hydrogen) atoms. The van der Waals surface area contributed by atoms with Crippen molar-refractivity contribution in [3.05, 3.63) is 25.3 Å². The number of anilines is 3. The van der Waals surface area contributed by atoms with E-state index in [0.717, 1.165) is 0 Å². The molecule has 0 aromatic carbocycles. The lowest BCUT2D eigenvalue weighted by Crippen LogP contribution is -2.68. The average Bonchev–Trinajstić information content (AvgIpc) is 3.37. The minimum atomic E-state index is -1.62. The fourth-order valence-electron chi connectivity index (χ4n) is 5.07. The number of carbonyl (C=O) groups excluding carboxylic acids is 3. The first-order chi connectivity index (χ1) is 17.0. The van der Waals surface area contributed by atoms with Gasteiger partial charge < -0.3 is 30.5 Å². The molecule has 3 saturated heterocycles. The van der Waals surface area contributed by atoms with Crippen LogP contribution in [0.25, 0.3) is 0 Å². The first kappa shape index (κ1) is 24.7. The number of aromatic nitrogens is 3. The van der Waals surface area contributed by atoms with Crippen molar-refractivity contribution in [3.8, 4) is 0 Å². The maximum atomic E-state index is 14.2. The van der Waals surface area contributed by atoms with E-state index in [1.807, 2.05) is 6.92 Å². The van der Waals surface area contributed by atoms with Gasteiger partial charge in [-0.1, -0.05) is 12.2 Å². The zero-order valence-corrected chi connectivity index (χ0v) is 20.0. The molecule has 1 aromatic heterocycles. The van der Waals surface area contributed by atoms with E-state index < -0.39 is 23.5 Å². The molecule has 0 aliphatic carbocycles. The van der Waals surface area contributed by atoms with E-state index in [4.69, 9.17) is 4.74 Å². The van der Waals surface area contributed by atoms with Gasteiger partial charge in [-0.05, 0) is 13.3 Å². The van der Waals surface area contributed by atoms with Crippen molar-refractivity contribution in [2.45, 2.75) is 37.5 Å². The number of ether oxygens (including phenoxy) is 1. The van der Waals surface area contributed by atoms with Crippen molar-refractivity contribution in [3.63, 3.8) is 0 Å². The molecule has 3 unspecified atom stereocenters. The van der Waals surface area contributed by atoms with Crippen molar-refractivity contribution in [2.24, 2.45) is 0 Å². The van der Waals surface area contributed by atoms with Crippen LogP contribution in [0.15, 0.2) is 25.3 Å². The summed E-state index contributed by atoms with van der Waals surface area (Å²) >= 11 is 0. The summed E-state index contributed by atoms with van der Waals surface area (Å²) in [6.45, 7) is 12.1. The number of nitrogens with one attached hydrogen (secondary N) is 3. The number of rotatable bonds is 11. The number of nitrogens with zero attached hydrogens (tertiary/aromatic N) is 5. The Morgan fingerprint density at radius 2 is 1.86 bits per heavy atom. The fourth-order valence-corrected chi connectivity index (χ4v) is 5.07. The topological polar surface area (TPSA) is 142 Å². The van der Waals surface area contributed by atoms with Gasteiger partial charge >= 0.3 is 0 Å². The van der Waals surface area contributed by atoms with Crippen molar-refractivity contribution in [1.82, 2.24) is 25.2 Å². The van der Waals surface area contributed by atoms with Gasteiger partial charge in [0.1, 0.15) is 6.04 Å². The molecule has 3 fully saturated rings. The summed E-state index contributed by atoms with van der Waals surface area (Å²) in [4.78, 5) is 56.8. The average molecular weight is 485 g/mol. The molecule has 188 valence electrons. The predicted molar refractivity (Wildman–Crippen MR) is 130 cm³/mol. The van der Waals surface area contributed by atoms with Crippen LogP contribution in [0.5, 0.6) is 0 Å². The molecule has 3 aliphatic heterocycles. The largest absolute Gasteiger partial charge is 0.375 e. The molecule has 4 heterocycles. The van der Waals surface area contributed by atoms with E-state index >= 15 is 0 Å². The van der Waals surface area contributed by atoms with Crippen LogP contribution < -0.4 is 20.9 Å². The molecule has 0 saturated carbocycles. The highest BCUT2D eigenvalue weighted by Gasteiger charge is 2.67. The smallest absolute Gasteiger partial charge is 0.232 e. The van der Waals surface area contributed by atoms with E-state index in [2.05, 4.69) is 44.1 Å². The third-order valence-electron chi connectivity index (χ3n) is 6.52. The Hall–Kier alpha value is -3.38. The predicted octanol–water partition coefficient (Wildman–Crippen LogP) is -0.236. The van der Waals surface area contributed by atoms with E-state index in [-0.39, 0.29) is 24.7 Å². The molecule has 1 aromatic rings. The van der Waals surface area contributed by atoms with Crippen molar-refractivity contribution in [2.75, 3.05) is 61.4 Å². The summed E-state index contributed by atoms with van der Waals surface area (Å²) in [5, 5.41) is 9.36. The van der Waals surface area contributed by atoms with Gasteiger partial charge in [0, 0.05) is 45.9 Å². The number of hydrogen-bond acceptors (Lipinski definition) is 11. The van der Waals surface area contributed by atoms with Crippen LogP contribution in [0, 0.1) is 0 Å². The first-order valence-electron chi connectivity index (χ1n) is 11.9. The molecule has 3 atom stereocenters. The standard InChI is InChI=1S/C23H32N8O4/c1-4-8-25-20-27-21(26-9-5-2)29-22(28-20)30-12-10-24-14-15(30)19(34)23-16(32)13-18(33)31(23)11-7-17(23)35-6-3/h4-5,15,17,24H,1-2,6-14H2,3H3,(H2,25,26,27,28,29). The normalized spacial score (nSPS) is 26.0. The van der Waals surface area contributed by atoms with Crippen LogP contribution in [0.4, 0.5) is 17.8 Å². The fraction of sp³-hybridized carbons (Fsp3) is 0.565. The molecule has 0 spiro atoms. The van der Waals surface area contributed by atoms with Gasteiger partial charge in [0.25, 0.3) is 0 Å². The van der Waals surface area contributed by atoms with Crippen LogP contribution in [0.1, 0.15) is 19.8 Å². The number of ketones is 2. The highest BCUT2D eigenvalue weighted by molar-refractivity contribution is 6.25. The first-order valence-corrected chi connectivity index (χ1v) is 11.9. The van der Waals surface area contributed by atoms with Gasteiger partial charge in [-0.2, -0.15) is 15.0 Å². The Morgan fingerprint density at radius 3 is 2.49 bits per heavy atom. The number of piperazine rings is 1. The minimum absolute atomic E-state index is 0.283. The van der Waals surface area contributed by atoms with Crippen LogP contribution in [0.3, 0.4) is 0 Å². The maximum Gasteiger partial charge on any atom is 0.232 e. The second-order valence-electron chi connectivity index (χ2n) is 8.54. The van der Waals surface area contributed by atoms with E-state index in [1.165, 1.54) is 4.90 Å². The summed E-state index contributed by atoms with van der Waals surface area (Å²) in [6, 6.07) is -0.774. The Balaban J connectivity index is 1.72. The number of carbonyl (C=O) groups is 3. The molecule has 0 bridgehead atoms. The lowest BCUT2D eigenvalue weighted by atomic mass is 9.81. The molecule has 4 rings (SSSR count). The molecular weight excluding hydrogens is 452 g/mol.